The first kappa shape index (κ1) is 24.6. The molecule has 0 saturated carbocycles. The highest BCUT2D eigenvalue weighted by molar-refractivity contribution is 14.0. The van der Waals surface area contributed by atoms with E-state index in [1.54, 1.807) is 0 Å². The summed E-state index contributed by atoms with van der Waals surface area (Å²) in [7, 11) is 5.44. The van der Waals surface area contributed by atoms with Crippen molar-refractivity contribution < 1.29 is 13.9 Å². The van der Waals surface area contributed by atoms with E-state index in [0.29, 0.717) is 6.54 Å². The van der Waals surface area contributed by atoms with Crippen LogP contribution in [0.1, 0.15) is 31.4 Å². The summed E-state index contributed by atoms with van der Waals surface area (Å²) in [5.41, 5.74) is 1.03. The number of benzene rings is 1. The standard InChI is InChI=1S/C20H31FN4O2.HI/c1-5-22-20(25-12-10-16(11-13-25)19(26)27-4)23-14-18(24(2)3)15-6-8-17(21)9-7-15;/h6-9,16,18H,5,10-14H2,1-4H3,(H,22,23);1H. The molecule has 1 aliphatic rings. The van der Waals surface area contributed by atoms with E-state index in [1.807, 2.05) is 33.2 Å². The predicted octanol–water partition coefficient (Wildman–Crippen LogP) is 2.90. The van der Waals surface area contributed by atoms with E-state index in [1.165, 1.54) is 19.2 Å². The molecular weight excluding hydrogens is 474 g/mol. The topological polar surface area (TPSA) is 57.2 Å². The van der Waals surface area contributed by atoms with Gasteiger partial charge in [-0.15, -0.1) is 24.0 Å². The number of ether oxygens (including phenoxy) is 1. The van der Waals surface area contributed by atoms with E-state index in [2.05, 4.69) is 15.1 Å². The van der Waals surface area contributed by atoms with Crippen LogP contribution in [0.15, 0.2) is 29.3 Å². The first-order chi connectivity index (χ1) is 13.0. The fourth-order valence-corrected chi connectivity index (χ4v) is 3.34. The molecule has 28 heavy (non-hydrogen) atoms. The monoisotopic (exact) mass is 506 g/mol. The van der Waals surface area contributed by atoms with Crippen LogP contribution < -0.4 is 5.32 Å². The van der Waals surface area contributed by atoms with Crippen molar-refractivity contribution in [2.75, 3.05) is 47.4 Å². The van der Waals surface area contributed by atoms with Gasteiger partial charge in [-0.3, -0.25) is 9.79 Å². The molecule has 0 radical (unpaired) electrons. The van der Waals surface area contributed by atoms with Crippen molar-refractivity contribution in [3.8, 4) is 0 Å². The van der Waals surface area contributed by atoms with Crippen molar-refractivity contribution in [2.45, 2.75) is 25.8 Å². The predicted molar refractivity (Wildman–Crippen MR) is 121 cm³/mol. The largest absolute Gasteiger partial charge is 0.469 e. The molecule has 1 aromatic carbocycles. The summed E-state index contributed by atoms with van der Waals surface area (Å²) in [6.07, 6.45) is 1.54. The molecule has 1 unspecified atom stereocenters. The first-order valence-electron chi connectivity index (χ1n) is 9.49. The van der Waals surface area contributed by atoms with Gasteiger partial charge in [0.05, 0.1) is 25.6 Å². The number of esters is 1. The van der Waals surface area contributed by atoms with Gasteiger partial charge >= 0.3 is 5.97 Å². The third-order valence-corrected chi connectivity index (χ3v) is 4.96. The number of piperidine rings is 1. The van der Waals surface area contributed by atoms with Gasteiger partial charge in [-0.05, 0) is 51.6 Å². The molecule has 1 N–H and O–H groups in total. The quantitative estimate of drug-likeness (QED) is 0.279. The Hall–Kier alpha value is -1.42. The minimum atomic E-state index is -0.235. The Kier molecular flexibility index (Phi) is 10.7. The Bertz CT molecular complexity index is 632. The first-order valence-corrected chi connectivity index (χ1v) is 9.49. The summed E-state index contributed by atoms with van der Waals surface area (Å²) in [5, 5.41) is 3.35. The van der Waals surface area contributed by atoms with Crippen molar-refractivity contribution >= 4 is 35.9 Å². The van der Waals surface area contributed by atoms with Crippen LogP contribution in [0.4, 0.5) is 4.39 Å². The van der Waals surface area contributed by atoms with Crippen LogP contribution in [0.25, 0.3) is 0 Å². The van der Waals surface area contributed by atoms with E-state index >= 15 is 0 Å². The fraction of sp³-hybridized carbons (Fsp3) is 0.600. The molecule has 1 aliphatic heterocycles. The Morgan fingerprint density at radius 1 is 1.32 bits per heavy atom. The molecule has 158 valence electrons. The molecule has 1 heterocycles. The number of rotatable bonds is 6. The maximum absolute atomic E-state index is 13.2. The lowest BCUT2D eigenvalue weighted by Gasteiger charge is -2.33. The van der Waals surface area contributed by atoms with Crippen LogP contribution in [0.2, 0.25) is 0 Å². The van der Waals surface area contributed by atoms with Crippen LogP contribution in [0.3, 0.4) is 0 Å². The molecule has 6 nitrogen and oxygen atoms in total. The van der Waals surface area contributed by atoms with Gasteiger partial charge < -0.3 is 19.9 Å². The van der Waals surface area contributed by atoms with Crippen molar-refractivity contribution in [2.24, 2.45) is 10.9 Å². The Labute approximate surface area is 184 Å². The van der Waals surface area contributed by atoms with E-state index in [-0.39, 0.29) is 47.7 Å². The molecule has 1 atom stereocenters. The normalized spacial score (nSPS) is 16.5. The second kappa shape index (κ2) is 12.2. The summed E-state index contributed by atoms with van der Waals surface area (Å²) in [4.78, 5) is 20.8. The molecule has 0 amide bonds. The molecule has 0 spiro atoms. The van der Waals surface area contributed by atoms with E-state index in [4.69, 9.17) is 9.73 Å². The smallest absolute Gasteiger partial charge is 0.308 e. The lowest BCUT2D eigenvalue weighted by molar-refractivity contribution is -0.146. The minimum absolute atomic E-state index is 0. The van der Waals surface area contributed by atoms with Gasteiger partial charge in [0.2, 0.25) is 0 Å². The van der Waals surface area contributed by atoms with E-state index < -0.39 is 0 Å². The Balaban J connectivity index is 0.00000392. The zero-order valence-corrected chi connectivity index (χ0v) is 19.5. The van der Waals surface area contributed by atoms with Gasteiger partial charge in [0.1, 0.15) is 5.82 Å². The summed E-state index contributed by atoms with van der Waals surface area (Å²) in [6.45, 7) is 4.93. The highest BCUT2D eigenvalue weighted by Crippen LogP contribution is 2.21. The zero-order chi connectivity index (χ0) is 19.8. The molecule has 8 heteroatoms. The maximum atomic E-state index is 13.2. The number of aliphatic imine (C=N–C) groups is 1. The zero-order valence-electron chi connectivity index (χ0n) is 17.2. The number of guanidine groups is 1. The number of nitrogens with one attached hydrogen (secondary N) is 1. The van der Waals surface area contributed by atoms with Gasteiger partial charge in [0.25, 0.3) is 0 Å². The van der Waals surface area contributed by atoms with Crippen molar-refractivity contribution in [3.63, 3.8) is 0 Å². The molecule has 2 rings (SSSR count). The van der Waals surface area contributed by atoms with Gasteiger partial charge in [-0.25, -0.2) is 4.39 Å². The number of likely N-dealkylation sites (tertiary alicyclic amines) is 1. The second-order valence-corrected chi connectivity index (χ2v) is 7.01. The number of carbonyl (C=O) groups is 1. The van der Waals surface area contributed by atoms with Crippen LogP contribution in [0, 0.1) is 11.7 Å². The maximum Gasteiger partial charge on any atom is 0.308 e. The Morgan fingerprint density at radius 2 is 1.93 bits per heavy atom. The number of carbonyl (C=O) groups excluding carboxylic acids is 1. The van der Waals surface area contributed by atoms with Crippen molar-refractivity contribution in [3.05, 3.63) is 35.6 Å². The lowest BCUT2D eigenvalue weighted by Crippen LogP contribution is -2.47. The summed E-state index contributed by atoms with van der Waals surface area (Å²) in [6, 6.07) is 6.65. The molecule has 0 aromatic heterocycles. The number of nitrogens with zero attached hydrogens (tertiary/aromatic N) is 3. The third kappa shape index (κ3) is 6.88. The molecular formula is C20H32FIN4O2. The molecule has 1 fully saturated rings. The SMILES string of the molecule is CCNC(=NCC(c1ccc(F)cc1)N(C)C)N1CCC(C(=O)OC)CC1.I. The molecule has 1 aromatic rings. The van der Waals surface area contributed by atoms with Gasteiger partial charge in [0, 0.05) is 19.6 Å². The minimum Gasteiger partial charge on any atom is -0.469 e. The van der Waals surface area contributed by atoms with Gasteiger partial charge in [-0.2, -0.15) is 0 Å². The van der Waals surface area contributed by atoms with Gasteiger partial charge in [-0.1, -0.05) is 12.1 Å². The number of hydrogen-bond acceptors (Lipinski definition) is 4. The van der Waals surface area contributed by atoms with Crippen LogP contribution in [0.5, 0.6) is 0 Å². The average Bonchev–Trinajstić information content (AvgIpc) is 2.68. The number of hydrogen-bond donors (Lipinski definition) is 1. The highest BCUT2D eigenvalue weighted by atomic mass is 127. The van der Waals surface area contributed by atoms with Crippen LogP contribution >= 0.6 is 24.0 Å². The fourth-order valence-electron chi connectivity index (χ4n) is 3.34. The molecule has 0 bridgehead atoms. The Morgan fingerprint density at radius 3 is 2.43 bits per heavy atom. The van der Waals surface area contributed by atoms with Crippen molar-refractivity contribution in [1.29, 1.82) is 0 Å². The molecule has 0 aliphatic carbocycles. The number of methoxy groups -OCH3 is 1. The van der Waals surface area contributed by atoms with E-state index in [0.717, 1.165) is 44.0 Å². The molecule has 1 saturated heterocycles. The third-order valence-electron chi connectivity index (χ3n) is 4.96. The number of likely N-dealkylation sites (N-methyl/N-ethyl adjacent to an activating group) is 1. The van der Waals surface area contributed by atoms with Crippen molar-refractivity contribution in [1.82, 2.24) is 15.1 Å². The number of halogens is 2. The van der Waals surface area contributed by atoms with Crippen LogP contribution in [-0.4, -0.2) is 69.1 Å². The van der Waals surface area contributed by atoms with Gasteiger partial charge in [0.15, 0.2) is 5.96 Å². The highest BCUT2D eigenvalue weighted by Gasteiger charge is 2.27. The summed E-state index contributed by atoms with van der Waals surface area (Å²) in [5.74, 6) is 0.472. The summed E-state index contributed by atoms with van der Waals surface area (Å²) < 4.78 is 18.1. The summed E-state index contributed by atoms with van der Waals surface area (Å²) >= 11 is 0. The van der Waals surface area contributed by atoms with Crippen LogP contribution in [-0.2, 0) is 9.53 Å². The lowest BCUT2D eigenvalue weighted by atomic mass is 9.97. The second-order valence-electron chi connectivity index (χ2n) is 7.01. The van der Waals surface area contributed by atoms with E-state index in [9.17, 15) is 9.18 Å². The average molecular weight is 506 g/mol.